The summed E-state index contributed by atoms with van der Waals surface area (Å²) in [7, 11) is 0. The molecule has 6 rings (SSSR count). The Balaban J connectivity index is 0.000000186. The summed E-state index contributed by atoms with van der Waals surface area (Å²) in [6.45, 7) is 0. The summed E-state index contributed by atoms with van der Waals surface area (Å²) in [6.07, 6.45) is 8.98. The van der Waals surface area contributed by atoms with Crippen LogP contribution in [-0.4, -0.2) is 63.1 Å². The third kappa shape index (κ3) is 9.94. The molecule has 0 aliphatic rings. The molecule has 0 atom stereocenters. The van der Waals surface area contributed by atoms with Gasteiger partial charge in [0.2, 0.25) is 0 Å². The van der Waals surface area contributed by atoms with Gasteiger partial charge in [-0.2, -0.15) is 0 Å². The molecule has 0 fully saturated rings. The number of hydrogen-bond acceptors (Lipinski definition) is 9. The Hall–Kier alpha value is -6.18. The molecule has 0 unspecified atom stereocenters. The molecular formula is C33H24CoN6O6. The molecule has 6 heterocycles. The smallest absolute Gasteiger partial charge is 0.337 e. The topological polar surface area (TPSA) is 189 Å². The van der Waals surface area contributed by atoms with Crippen molar-refractivity contribution >= 4 is 17.9 Å². The van der Waals surface area contributed by atoms with Crippen LogP contribution < -0.4 is 0 Å². The van der Waals surface area contributed by atoms with Crippen molar-refractivity contribution in [3.8, 4) is 34.2 Å². The molecule has 6 aromatic heterocycles. The van der Waals surface area contributed by atoms with Crippen LogP contribution in [0.2, 0.25) is 0 Å². The molecule has 46 heavy (non-hydrogen) atoms. The first-order valence-corrected chi connectivity index (χ1v) is 13.1. The Morgan fingerprint density at radius 2 is 0.630 bits per heavy atom. The van der Waals surface area contributed by atoms with Gasteiger partial charge in [0.1, 0.15) is 0 Å². The van der Waals surface area contributed by atoms with Crippen molar-refractivity contribution in [2.75, 3.05) is 0 Å². The minimum atomic E-state index is -0.977. The van der Waals surface area contributed by atoms with Gasteiger partial charge in [0.25, 0.3) is 0 Å². The molecule has 0 saturated heterocycles. The molecule has 0 amide bonds. The Kier molecular flexibility index (Phi) is 12.8. The van der Waals surface area contributed by atoms with Crippen LogP contribution in [0.3, 0.4) is 0 Å². The standard InChI is InChI=1S/3C11H8N2O2.Co/c3*14-11(15)8-4-5-10(13-7-8)9-3-1-2-6-12-9;/h3*1-7H,(H,14,15);. The largest absolute Gasteiger partial charge is 0.478 e. The molecule has 0 spiro atoms. The minimum absolute atomic E-state index is 0. The van der Waals surface area contributed by atoms with Gasteiger partial charge in [0.15, 0.2) is 0 Å². The molecule has 0 aliphatic heterocycles. The van der Waals surface area contributed by atoms with Crippen LogP contribution >= 0.6 is 0 Å². The third-order valence-corrected chi connectivity index (χ3v) is 5.81. The van der Waals surface area contributed by atoms with Crippen LogP contribution in [0.1, 0.15) is 31.1 Å². The van der Waals surface area contributed by atoms with Gasteiger partial charge in [0.05, 0.1) is 50.9 Å². The van der Waals surface area contributed by atoms with Crippen LogP contribution in [0.4, 0.5) is 0 Å². The minimum Gasteiger partial charge on any atom is -0.478 e. The van der Waals surface area contributed by atoms with E-state index in [9.17, 15) is 14.4 Å². The Labute approximate surface area is 272 Å². The number of aromatic nitrogens is 6. The van der Waals surface area contributed by atoms with Crippen molar-refractivity contribution in [3.63, 3.8) is 0 Å². The molecule has 6 aromatic rings. The zero-order valence-electron chi connectivity index (χ0n) is 23.7. The van der Waals surface area contributed by atoms with Crippen molar-refractivity contribution < 1.29 is 46.5 Å². The van der Waals surface area contributed by atoms with Gasteiger partial charge in [-0.3, -0.25) is 29.9 Å². The molecule has 0 bridgehead atoms. The van der Waals surface area contributed by atoms with Crippen molar-refractivity contribution in [1.29, 1.82) is 0 Å². The van der Waals surface area contributed by atoms with E-state index in [-0.39, 0.29) is 33.5 Å². The fourth-order valence-corrected chi connectivity index (χ4v) is 3.56. The monoisotopic (exact) mass is 659 g/mol. The Morgan fingerprint density at radius 1 is 0.370 bits per heavy atom. The SMILES string of the molecule is O=C(O)c1ccc(-c2ccccn2)nc1.O=C(O)c1ccc(-c2ccccn2)nc1.O=C(O)c1ccc(-c2ccccn2)nc1.[Co]. The summed E-state index contributed by atoms with van der Waals surface area (Å²) < 4.78 is 0. The summed E-state index contributed by atoms with van der Waals surface area (Å²) in [5, 5.41) is 26.1. The van der Waals surface area contributed by atoms with Crippen molar-refractivity contribution in [1.82, 2.24) is 29.9 Å². The Morgan fingerprint density at radius 3 is 0.804 bits per heavy atom. The maximum Gasteiger partial charge on any atom is 0.337 e. The van der Waals surface area contributed by atoms with Crippen molar-refractivity contribution in [2.24, 2.45) is 0 Å². The van der Waals surface area contributed by atoms with E-state index in [2.05, 4.69) is 29.9 Å². The van der Waals surface area contributed by atoms with Crippen LogP contribution in [-0.2, 0) is 16.8 Å². The fraction of sp³-hybridized carbons (Fsp3) is 0. The number of carboxylic acid groups (broad SMARTS) is 3. The fourth-order valence-electron chi connectivity index (χ4n) is 3.56. The predicted molar refractivity (Wildman–Crippen MR) is 163 cm³/mol. The number of rotatable bonds is 6. The quantitative estimate of drug-likeness (QED) is 0.203. The van der Waals surface area contributed by atoms with Crippen LogP contribution in [0.25, 0.3) is 34.2 Å². The Bertz CT molecular complexity index is 1630. The summed E-state index contributed by atoms with van der Waals surface area (Å²) >= 11 is 0. The first kappa shape index (κ1) is 34.3. The van der Waals surface area contributed by atoms with Crippen LogP contribution in [0.5, 0.6) is 0 Å². The second-order valence-corrected chi connectivity index (χ2v) is 8.86. The van der Waals surface area contributed by atoms with E-state index >= 15 is 0 Å². The van der Waals surface area contributed by atoms with Gasteiger partial charge < -0.3 is 15.3 Å². The number of nitrogens with zero attached hydrogens (tertiary/aromatic N) is 6. The molecule has 0 saturated carbocycles. The maximum atomic E-state index is 10.6. The summed E-state index contributed by atoms with van der Waals surface area (Å²) in [5.41, 5.74) is 4.72. The second-order valence-electron chi connectivity index (χ2n) is 8.86. The molecule has 0 aromatic carbocycles. The van der Waals surface area contributed by atoms with Gasteiger partial charge in [-0.1, -0.05) is 18.2 Å². The molecular weight excluding hydrogens is 635 g/mol. The average molecular weight is 660 g/mol. The van der Waals surface area contributed by atoms with E-state index in [1.54, 1.807) is 36.8 Å². The van der Waals surface area contributed by atoms with E-state index in [0.717, 1.165) is 17.1 Å². The normalized spacial score (nSPS) is 9.65. The summed E-state index contributed by atoms with van der Waals surface area (Å²) in [4.78, 5) is 56.2. The van der Waals surface area contributed by atoms with Gasteiger partial charge in [0, 0.05) is 54.0 Å². The summed E-state index contributed by atoms with van der Waals surface area (Å²) in [5.74, 6) is -2.93. The number of aromatic carboxylic acids is 3. The van der Waals surface area contributed by atoms with Crippen molar-refractivity contribution in [3.05, 3.63) is 145 Å². The van der Waals surface area contributed by atoms with Crippen molar-refractivity contribution in [2.45, 2.75) is 0 Å². The number of hydrogen-bond donors (Lipinski definition) is 3. The van der Waals surface area contributed by atoms with E-state index in [1.807, 2.05) is 54.6 Å². The average Bonchev–Trinajstić information content (AvgIpc) is 3.10. The molecule has 231 valence electrons. The first-order chi connectivity index (χ1) is 21.8. The van der Waals surface area contributed by atoms with Gasteiger partial charge in [-0.25, -0.2) is 14.4 Å². The predicted octanol–water partition coefficient (Wildman–Crippen LogP) is 5.52. The van der Waals surface area contributed by atoms with E-state index in [0.29, 0.717) is 17.1 Å². The maximum absolute atomic E-state index is 10.6. The third-order valence-electron chi connectivity index (χ3n) is 5.81. The van der Waals surface area contributed by atoms with E-state index < -0.39 is 17.9 Å². The van der Waals surface area contributed by atoms with E-state index in [1.165, 1.54) is 36.8 Å². The molecule has 0 aliphatic carbocycles. The van der Waals surface area contributed by atoms with Gasteiger partial charge in [-0.15, -0.1) is 0 Å². The van der Waals surface area contributed by atoms with Gasteiger partial charge >= 0.3 is 17.9 Å². The summed E-state index contributed by atoms with van der Waals surface area (Å²) in [6, 6.07) is 26.0. The number of pyridine rings is 6. The van der Waals surface area contributed by atoms with Gasteiger partial charge in [-0.05, 0) is 72.8 Å². The number of carboxylic acids is 3. The van der Waals surface area contributed by atoms with Crippen LogP contribution in [0.15, 0.2) is 128 Å². The molecule has 13 heteroatoms. The molecule has 3 N–H and O–H groups in total. The van der Waals surface area contributed by atoms with E-state index in [4.69, 9.17) is 15.3 Å². The first-order valence-electron chi connectivity index (χ1n) is 13.1. The zero-order chi connectivity index (χ0) is 32.0. The van der Waals surface area contributed by atoms with Crippen LogP contribution in [0, 0.1) is 0 Å². The zero-order valence-corrected chi connectivity index (χ0v) is 24.7. The second kappa shape index (κ2) is 17.2. The molecule has 1 radical (unpaired) electrons. The molecule has 12 nitrogen and oxygen atoms in total. The number of carbonyl (C=O) groups is 3.